The van der Waals surface area contributed by atoms with Crippen molar-refractivity contribution >= 4 is 11.5 Å². The van der Waals surface area contributed by atoms with Gasteiger partial charge >= 0.3 is 6.18 Å². The predicted octanol–water partition coefficient (Wildman–Crippen LogP) is 3.20. The standard InChI is InChI=1S/C14H12F3N3/c15-14(16,17)11-2-4-13(19-6-11)20-7-9-1-3-12(18)5-10(9)8-20/h1-6H,7-8,18H2. The summed E-state index contributed by atoms with van der Waals surface area (Å²) in [4.78, 5) is 5.83. The smallest absolute Gasteiger partial charge is 0.399 e. The van der Waals surface area contributed by atoms with E-state index in [1.54, 1.807) is 0 Å². The van der Waals surface area contributed by atoms with Crippen LogP contribution in [0.5, 0.6) is 0 Å². The molecule has 0 unspecified atom stereocenters. The number of rotatable bonds is 1. The quantitative estimate of drug-likeness (QED) is 0.815. The molecule has 1 aliphatic rings. The van der Waals surface area contributed by atoms with E-state index in [4.69, 9.17) is 5.73 Å². The Labute approximate surface area is 113 Å². The van der Waals surface area contributed by atoms with Crippen LogP contribution in [0.3, 0.4) is 0 Å². The number of nitrogens with two attached hydrogens (primary N) is 1. The second kappa shape index (κ2) is 4.40. The lowest BCUT2D eigenvalue weighted by molar-refractivity contribution is -0.137. The maximum atomic E-state index is 12.5. The molecule has 2 aromatic rings. The molecule has 0 bridgehead atoms. The van der Waals surface area contributed by atoms with Gasteiger partial charge in [0.05, 0.1) is 5.56 Å². The van der Waals surface area contributed by atoms with Gasteiger partial charge in [-0.1, -0.05) is 6.07 Å². The van der Waals surface area contributed by atoms with Gasteiger partial charge in [-0.15, -0.1) is 0 Å². The van der Waals surface area contributed by atoms with E-state index in [2.05, 4.69) is 4.98 Å². The third-order valence-corrected chi connectivity index (χ3v) is 3.35. The Kier molecular flexibility index (Phi) is 2.81. The molecular weight excluding hydrogens is 267 g/mol. The van der Waals surface area contributed by atoms with E-state index in [0.29, 0.717) is 24.6 Å². The van der Waals surface area contributed by atoms with E-state index in [1.165, 1.54) is 6.07 Å². The number of alkyl halides is 3. The molecule has 0 atom stereocenters. The SMILES string of the molecule is Nc1ccc2c(c1)CN(c1ccc(C(F)(F)F)cn1)C2. The van der Waals surface area contributed by atoms with E-state index in [0.717, 1.165) is 23.4 Å². The molecule has 1 aliphatic heterocycles. The van der Waals surface area contributed by atoms with Crippen molar-refractivity contribution in [2.45, 2.75) is 19.3 Å². The van der Waals surface area contributed by atoms with E-state index < -0.39 is 11.7 Å². The summed E-state index contributed by atoms with van der Waals surface area (Å²) >= 11 is 0. The molecule has 3 rings (SSSR count). The Balaban J connectivity index is 1.83. The summed E-state index contributed by atoms with van der Waals surface area (Å²) < 4.78 is 37.5. The number of aromatic nitrogens is 1. The van der Waals surface area contributed by atoms with Gasteiger partial charge in [-0.05, 0) is 35.4 Å². The first-order chi connectivity index (χ1) is 9.43. The molecule has 0 amide bonds. The molecule has 2 N–H and O–H groups in total. The molecule has 0 fully saturated rings. The number of nitrogen functional groups attached to an aromatic ring is 1. The Bertz CT molecular complexity index is 635. The van der Waals surface area contributed by atoms with Crippen LogP contribution in [0.4, 0.5) is 24.7 Å². The van der Waals surface area contributed by atoms with Crippen molar-refractivity contribution in [3.63, 3.8) is 0 Å². The second-order valence-corrected chi connectivity index (χ2v) is 4.79. The van der Waals surface area contributed by atoms with E-state index in [1.807, 2.05) is 23.1 Å². The van der Waals surface area contributed by atoms with Crippen LogP contribution in [0.1, 0.15) is 16.7 Å². The maximum Gasteiger partial charge on any atom is 0.417 e. The predicted molar refractivity (Wildman–Crippen MR) is 70.0 cm³/mol. The monoisotopic (exact) mass is 279 g/mol. The van der Waals surface area contributed by atoms with Crippen LogP contribution >= 0.6 is 0 Å². The molecule has 3 nitrogen and oxygen atoms in total. The molecule has 104 valence electrons. The number of halogens is 3. The molecule has 0 saturated heterocycles. The third kappa shape index (κ3) is 2.29. The molecule has 1 aromatic heterocycles. The van der Waals surface area contributed by atoms with Crippen LogP contribution in [0.25, 0.3) is 0 Å². The van der Waals surface area contributed by atoms with Gasteiger partial charge in [-0.25, -0.2) is 4.98 Å². The first kappa shape index (κ1) is 12.8. The molecule has 1 aromatic carbocycles. The van der Waals surface area contributed by atoms with Gasteiger partial charge in [-0.2, -0.15) is 13.2 Å². The molecule has 0 radical (unpaired) electrons. The minimum absolute atomic E-state index is 0.535. The first-order valence-electron chi connectivity index (χ1n) is 6.09. The minimum atomic E-state index is -4.35. The summed E-state index contributed by atoms with van der Waals surface area (Å²) in [6, 6.07) is 8.11. The molecule has 0 spiro atoms. The summed E-state index contributed by atoms with van der Waals surface area (Å²) in [7, 11) is 0. The normalized spacial score (nSPS) is 14.4. The maximum absolute atomic E-state index is 12.5. The topological polar surface area (TPSA) is 42.1 Å². The molecule has 2 heterocycles. The fourth-order valence-electron chi connectivity index (χ4n) is 2.32. The number of fused-ring (bicyclic) bond motifs is 1. The molecular formula is C14H12F3N3. The summed E-state index contributed by atoms with van der Waals surface area (Å²) in [5, 5.41) is 0. The van der Waals surface area contributed by atoms with E-state index in [-0.39, 0.29) is 0 Å². The average Bonchev–Trinajstić information content (AvgIpc) is 2.80. The summed E-state index contributed by atoms with van der Waals surface area (Å²) in [6.45, 7) is 1.24. The number of nitrogens with zero attached hydrogens (tertiary/aromatic N) is 2. The Morgan fingerprint density at radius 2 is 1.80 bits per heavy atom. The van der Waals surface area contributed by atoms with Crippen LogP contribution in [0.2, 0.25) is 0 Å². The Morgan fingerprint density at radius 1 is 1.05 bits per heavy atom. The van der Waals surface area contributed by atoms with Gasteiger partial charge < -0.3 is 10.6 Å². The van der Waals surface area contributed by atoms with Crippen LogP contribution in [0.15, 0.2) is 36.5 Å². The average molecular weight is 279 g/mol. The lowest BCUT2D eigenvalue weighted by Gasteiger charge is -2.17. The fourth-order valence-corrected chi connectivity index (χ4v) is 2.32. The summed E-state index contributed by atoms with van der Waals surface area (Å²) in [6.07, 6.45) is -3.49. The lowest BCUT2D eigenvalue weighted by Crippen LogP contribution is -2.16. The van der Waals surface area contributed by atoms with Crippen molar-refractivity contribution in [1.29, 1.82) is 0 Å². The van der Waals surface area contributed by atoms with Gasteiger partial charge in [0, 0.05) is 25.0 Å². The Hall–Kier alpha value is -2.24. The number of hydrogen-bond acceptors (Lipinski definition) is 3. The van der Waals surface area contributed by atoms with Crippen molar-refractivity contribution in [2.24, 2.45) is 0 Å². The van der Waals surface area contributed by atoms with Gasteiger partial charge in [0.15, 0.2) is 0 Å². The first-order valence-corrected chi connectivity index (χ1v) is 6.09. The minimum Gasteiger partial charge on any atom is -0.399 e. The number of anilines is 2. The van der Waals surface area contributed by atoms with E-state index in [9.17, 15) is 13.2 Å². The zero-order valence-corrected chi connectivity index (χ0v) is 10.5. The fraction of sp³-hybridized carbons (Fsp3) is 0.214. The Morgan fingerprint density at radius 3 is 2.45 bits per heavy atom. The zero-order chi connectivity index (χ0) is 14.3. The van der Waals surface area contributed by atoms with Crippen molar-refractivity contribution in [3.05, 3.63) is 53.2 Å². The van der Waals surface area contributed by atoms with Crippen molar-refractivity contribution in [1.82, 2.24) is 4.98 Å². The third-order valence-electron chi connectivity index (χ3n) is 3.35. The highest BCUT2D eigenvalue weighted by molar-refractivity contribution is 5.52. The molecule has 20 heavy (non-hydrogen) atoms. The molecule has 0 aliphatic carbocycles. The highest BCUT2D eigenvalue weighted by Gasteiger charge is 2.31. The highest BCUT2D eigenvalue weighted by atomic mass is 19.4. The molecule has 6 heteroatoms. The van der Waals surface area contributed by atoms with E-state index >= 15 is 0 Å². The van der Waals surface area contributed by atoms with Crippen LogP contribution < -0.4 is 10.6 Å². The number of pyridine rings is 1. The summed E-state index contributed by atoms with van der Waals surface area (Å²) in [5.74, 6) is 0.535. The number of benzene rings is 1. The van der Waals surface area contributed by atoms with Crippen molar-refractivity contribution in [3.8, 4) is 0 Å². The van der Waals surface area contributed by atoms with Crippen LogP contribution in [-0.4, -0.2) is 4.98 Å². The second-order valence-electron chi connectivity index (χ2n) is 4.79. The largest absolute Gasteiger partial charge is 0.417 e. The zero-order valence-electron chi connectivity index (χ0n) is 10.5. The van der Waals surface area contributed by atoms with Gasteiger partial charge in [0.1, 0.15) is 5.82 Å². The van der Waals surface area contributed by atoms with Crippen LogP contribution in [0, 0.1) is 0 Å². The van der Waals surface area contributed by atoms with Crippen LogP contribution in [-0.2, 0) is 19.3 Å². The molecule has 0 saturated carbocycles. The highest BCUT2D eigenvalue weighted by Crippen LogP contribution is 2.32. The van der Waals surface area contributed by atoms with Gasteiger partial charge in [0.2, 0.25) is 0 Å². The lowest BCUT2D eigenvalue weighted by atomic mass is 10.1. The van der Waals surface area contributed by atoms with Crippen molar-refractivity contribution < 1.29 is 13.2 Å². The van der Waals surface area contributed by atoms with Crippen molar-refractivity contribution in [2.75, 3.05) is 10.6 Å². The summed E-state index contributed by atoms with van der Waals surface area (Å²) in [5.41, 5.74) is 7.89. The van der Waals surface area contributed by atoms with Gasteiger partial charge in [0.25, 0.3) is 0 Å². The van der Waals surface area contributed by atoms with Gasteiger partial charge in [-0.3, -0.25) is 0 Å². The number of hydrogen-bond donors (Lipinski definition) is 1.